The lowest BCUT2D eigenvalue weighted by atomic mass is 9.99. The van der Waals surface area contributed by atoms with Crippen molar-refractivity contribution in [2.24, 2.45) is 5.92 Å². The second kappa shape index (κ2) is 6.92. The number of hydrogen-bond donors (Lipinski definition) is 0. The van der Waals surface area contributed by atoms with Gasteiger partial charge in [0.1, 0.15) is 6.42 Å². The largest absolute Gasteiger partial charge is 0.342 e. The lowest BCUT2D eigenvalue weighted by molar-refractivity contribution is -0.141. The topological polar surface area (TPSA) is 40.6 Å². The second-order valence-corrected chi connectivity index (χ2v) is 6.04. The number of hydrogen-bond acceptors (Lipinski definition) is 2. The van der Waals surface area contributed by atoms with Gasteiger partial charge in [0.15, 0.2) is 0 Å². The summed E-state index contributed by atoms with van der Waals surface area (Å²) in [4.78, 5) is 28.0. The molecule has 0 N–H and O–H groups in total. The predicted octanol–water partition coefficient (Wildman–Crippen LogP) is 2.04. The Balaban J connectivity index is 1.79. The first-order valence-corrected chi connectivity index (χ1v) is 7.72. The van der Waals surface area contributed by atoms with Crippen LogP contribution in [0.2, 0.25) is 0 Å². The molecule has 4 heteroatoms. The number of rotatable bonds is 2. The minimum Gasteiger partial charge on any atom is -0.342 e. The van der Waals surface area contributed by atoms with E-state index in [0.29, 0.717) is 5.92 Å². The van der Waals surface area contributed by atoms with E-state index in [9.17, 15) is 9.59 Å². The Morgan fingerprint density at radius 2 is 1.32 bits per heavy atom. The smallest absolute Gasteiger partial charge is 0.232 e. The summed E-state index contributed by atoms with van der Waals surface area (Å²) in [6.45, 7) is 5.55. The minimum atomic E-state index is 0.0288. The Kier molecular flexibility index (Phi) is 5.23. The van der Waals surface area contributed by atoms with Crippen molar-refractivity contribution >= 4 is 11.8 Å². The fourth-order valence-corrected chi connectivity index (χ4v) is 2.93. The fraction of sp³-hybridized carbons (Fsp3) is 0.867. The SMILES string of the molecule is CC1CCN(C(=O)CC(=O)N2CCCCCC2)CC1. The lowest BCUT2D eigenvalue weighted by Gasteiger charge is -2.31. The quantitative estimate of drug-likeness (QED) is 0.718. The van der Waals surface area contributed by atoms with Crippen molar-refractivity contribution in [1.82, 2.24) is 9.80 Å². The van der Waals surface area contributed by atoms with E-state index in [1.807, 2.05) is 9.80 Å². The number of nitrogens with zero attached hydrogens (tertiary/aromatic N) is 2. The van der Waals surface area contributed by atoms with Crippen LogP contribution in [-0.2, 0) is 9.59 Å². The first-order chi connectivity index (χ1) is 9.16. The van der Waals surface area contributed by atoms with Gasteiger partial charge in [0.05, 0.1) is 0 Å². The molecule has 0 saturated carbocycles. The summed E-state index contributed by atoms with van der Waals surface area (Å²) in [5, 5.41) is 0. The van der Waals surface area contributed by atoms with Crippen LogP contribution in [-0.4, -0.2) is 47.8 Å². The van der Waals surface area contributed by atoms with Gasteiger partial charge in [0.25, 0.3) is 0 Å². The fourth-order valence-electron chi connectivity index (χ4n) is 2.93. The molecule has 0 aliphatic carbocycles. The predicted molar refractivity (Wildman–Crippen MR) is 74.6 cm³/mol. The number of likely N-dealkylation sites (tertiary alicyclic amines) is 2. The highest BCUT2D eigenvalue weighted by atomic mass is 16.2. The van der Waals surface area contributed by atoms with E-state index in [4.69, 9.17) is 0 Å². The molecule has 19 heavy (non-hydrogen) atoms. The molecule has 4 nitrogen and oxygen atoms in total. The molecule has 0 aromatic heterocycles. The molecule has 0 aromatic carbocycles. The highest BCUT2D eigenvalue weighted by molar-refractivity contribution is 5.96. The summed E-state index contributed by atoms with van der Waals surface area (Å²) in [7, 11) is 0. The molecule has 2 rings (SSSR count). The van der Waals surface area contributed by atoms with E-state index >= 15 is 0 Å². The monoisotopic (exact) mass is 266 g/mol. The Morgan fingerprint density at radius 1 is 0.842 bits per heavy atom. The van der Waals surface area contributed by atoms with Crippen LogP contribution in [0.5, 0.6) is 0 Å². The molecular formula is C15H26N2O2. The van der Waals surface area contributed by atoms with Gasteiger partial charge in [-0.25, -0.2) is 0 Å². The van der Waals surface area contributed by atoms with Gasteiger partial charge in [-0.3, -0.25) is 9.59 Å². The number of amides is 2. The highest BCUT2D eigenvalue weighted by Crippen LogP contribution is 2.17. The maximum atomic E-state index is 12.1. The van der Waals surface area contributed by atoms with Gasteiger partial charge in [0.2, 0.25) is 11.8 Å². The zero-order valence-corrected chi connectivity index (χ0v) is 12.1. The van der Waals surface area contributed by atoms with Gasteiger partial charge in [-0.2, -0.15) is 0 Å². The third-order valence-corrected chi connectivity index (χ3v) is 4.40. The third-order valence-electron chi connectivity index (χ3n) is 4.40. The van der Waals surface area contributed by atoms with E-state index in [2.05, 4.69) is 6.92 Å². The van der Waals surface area contributed by atoms with E-state index in [0.717, 1.165) is 51.9 Å². The van der Waals surface area contributed by atoms with Crippen molar-refractivity contribution in [2.45, 2.75) is 51.9 Å². The van der Waals surface area contributed by atoms with Gasteiger partial charge < -0.3 is 9.80 Å². The molecule has 0 radical (unpaired) electrons. The van der Waals surface area contributed by atoms with Crippen molar-refractivity contribution in [3.8, 4) is 0 Å². The van der Waals surface area contributed by atoms with E-state index in [-0.39, 0.29) is 18.2 Å². The zero-order chi connectivity index (χ0) is 13.7. The molecule has 2 saturated heterocycles. The van der Waals surface area contributed by atoms with Crippen LogP contribution in [0.25, 0.3) is 0 Å². The van der Waals surface area contributed by atoms with Gasteiger partial charge in [0, 0.05) is 26.2 Å². The van der Waals surface area contributed by atoms with Gasteiger partial charge >= 0.3 is 0 Å². The van der Waals surface area contributed by atoms with Gasteiger partial charge in [-0.15, -0.1) is 0 Å². The van der Waals surface area contributed by atoms with Crippen LogP contribution >= 0.6 is 0 Å². The van der Waals surface area contributed by atoms with Crippen molar-refractivity contribution in [3.63, 3.8) is 0 Å². The molecule has 2 aliphatic rings. The molecule has 2 aliphatic heterocycles. The summed E-state index contributed by atoms with van der Waals surface area (Å²) >= 11 is 0. The molecule has 108 valence electrons. The zero-order valence-electron chi connectivity index (χ0n) is 12.1. The lowest BCUT2D eigenvalue weighted by Crippen LogP contribution is -2.41. The molecule has 2 amide bonds. The van der Waals surface area contributed by atoms with Crippen molar-refractivity contribution in [2.75, 3.05) is 26.2 Å². The summed E-state index contributed by atoms with van der Waals surface area (Å²) in [5.74, 6) is 0.775. The van der Waals surface area contributed by atoms with Crippen molar-refractivity contribution in [3.05, 3.63) is 0 Å². The number of piperidine rings is 1. The number of carbonyl (C=O) groups is 2. The molecule has 2 heterocycles. The molecule has 0 bridgehead atoms. The first-order valence-electron chi connectivity index (χ1n) is 7.72. The maximum Gasteiger partial charge on any atom is 0.232 e. The van der Waals surface area contributed by atoms with Crippen molar-refractivity contribution < 1.29 is 9.59 Å². The third kappa shape index (κ3) is 4.22. The molecule has 0 atom stereocenters. The van der Waals surface area contributed by atoms with E-state index < -0.39 is 0 Å². The van der Waals surface area contributed by atoms with Crippen molar-refractivity contribution in [1.29, 1.82) is 0 Å². The Morgan fingerprint density at radius 3 is 1.84 bits per heavy atom. The molecule has 0 aromatic rings. The van der Waals surface area contributed by atoms with Crippen LogP contribution in [0, 0.1) is 5.92 Å². The van der Waals surface area contributed by atoms with Crippen LogP contribution < -0.4 is 0 Å². The van der Waals surface area contributed by atoms with E-state index in [1.165, 1.54) is 12.8 Å². The summed E-state index contributed by atoms with van der Waals surface area (Å²) in [6, 6.07) is 0. The van der Waals surface area contributed by atoms with Crippen LogP contribution in [0.15, 0.2) is 0 Å². The van der Waals surface area contributed by atoms with Crippen LogP contribution in [0.1, 0.15) is 51.9 Å². The molecule has 0 spiro atoms. The Bertz CT molecular complexity index is 314. The van der Waals surface area contributed by atoms with Crippen LogP contribution in [0.3, 0.4) is 0 Å². The summed E-state index contributed by atoms with van der Waals surface area (Å²) in [5.41, 5.74) is 0. The minimum absolute atomic E-state index is 0.0288. The standard InChI is InChI=1S/C15H26N2O2/c1-13-6-10-17(11-7-13)15(19)12-14(18)16-8-4-2-3-5-9-16/h13H,2-12H2,1H3. The molecular weight excluding hydrogens is 240 g/mol. The molecule has 0 unspecified atom stereocenters. The normalized spacial score (nSPS) is 22.2. The van der Waals surface area contributed by atoms with Crippen LogP contribution in [0.4, 0.5) is 0 Å². The maximum absolute atomic E-state index is 12.1. The second-order valence-electron chi connectivity index (χ2n) is 6.04. The van der Waals surface area contributed by atoms with E-state index in [1.54, 1.807) is 0 Å². The van der Waals surface area contributed by atoms with Gasteiger partial charge in [-0.1, -0.05) is 19.8 Å². The molecule has 2 fully saturated rings. The van der Waals surface area contributed by atoms with Gasteiger partial charge in [-0.05, 0) is 31.6 Å². The Labute approximate surface area is 116 Å². The average molecular weight is 266 g/mol. The summed E-state index contributed by atoms with van der Waals surface area (Å²) < 4.78 is 0. The first kappa shape index (κ1) is 14.4. The Hall–Kier alpha value is -1.06. The summed E-state index contributed by atoms with van der Waals surface area (Å²) in [6.07, 6.45) is 6.81. The highest BCUT2D eigenvalue weighted by Gasteiger charge is 2.24. The average Bonchev–Trinajstić information content (AvgIpc) is 2.68. The number of carbonyl (C=O) groups excluding carboxylic acids is 2.